The number of benzene rings is 2. The van der Waals surface area contributed by atoms with Gasteiger partial charge in [0.05, 0.1) is 24.4 Å². The van der Waals surface area contributed by atoms with Gasteiger partial charge < -0.3 is 13.9 Å². The molecule has 5 rings (SSSR count). The number of fused-ring (bicyclic) bond motifs is 1. The zero-order valence-electron chi connectivity index (χ0n) is 22.6. The molecule has 220 valence electrons. The second kappa shape index (κ2) is 11.3. The van der Waals surface area contributed by atoms with Crippen LogP contribution in [0.5, 0.6) is 0 Å². The molecule has 0 unspecified atom stereocenters. The fraction of sp³-hybridized carbons (Fsp3) is 0.321. The fourth-order valence-electron chi connectivity index (χ4n) is 4.85. The molecule has 0 aliphatic heterocycles. The summed E-state index contributed by atoms with van der Waals surface area (Å²) >= 11 is 0. The number of unbranched alkanes of at least 4 members (excludes halogenated alkanes) is 1. The van der Waals surface area contributed by atoms with Crippen LogP contribution in [0.4, 0.5) is 22.0 Å². The SMILES string of the molecule is CCCCc1nc(C(F)(F)C(F)(F)F)c(C(=O)OCC)n1Cc1cccc2c1ccn2-c1ccccc1-c1nn[nH]n1. The maximum atomic E-state index is 14.7. The summed E-state index contributed by atoms with van der Waals surface area (Å²) in [7, 11) is 0. The summed E-state index contributed by atoms with van der Waals surface area (Å²) in [5, 5.41) is 14.9. The summed E-state index contributed by atoms with van der Waals surface area (Å²) < 4.78 is 78.0. The first-order valence-corrected chi connectivity index (χ1v) is 13.2. The molecule has 0 spiro atoms. The minimum atomic E-state index is -5.96. The summed E-state index contributed by atoms with van der Waals surface area (Å²) in [6, 6.07) is 14.5. The van der Waals surface area contributed by atoms with Crippen LogP contribution in [0.25, 0.3) is 28.0 Å². The number of hydrogen-bond donors (Lipinski definition) is 1. The molecule has 3 aromatic heterocycles. The van der Waals surface area contributed by atoms with Crippen molar-refractivity contribution in [2.75, 3.05) is 6.61 Å². The van der Waals surface area contributed by atoms with Gasteiger partial charge in [0.15, 0.2) is 11.4 Å². The number of H-pyrrole nitrogens is 1. The molecule has 42 heavy (non-hydrogen) atoms. The third-order valence-electron chi connectivity index (χ3n) is 6.82. The molecule has 0 radical (unpaired) electrons. The van der Waals surface area contributed by atoms with Crippen molar-refractivity contribution < 1.29 is 31.5 Å². The Morgan fingerprint density at radius 1 is 1.02 bits per heavy atom. The number of hydrogen-bond acceptors (Lipinski definition) is 6. The third kappa shape index (κ3) is 5.12. The fourth-order valence-corrected chi connectivity index (χ4v) is 4.85. The minimum Gasteiger partial charge on any atom is -0.461 e. The summed E-state index contributed by atoms with van der Waals surface area (Å²) in [4.78, 5) is 16.7. The summed E-state index contributed by atoms with van der Waals surface area (Å²) in [6.07, 6.45) is -2.98. The molecule has 0 bridgehead atoms. The number of nitrogens with zero attached hydrogens (tertiary/aromatic N) is 6. The predicted molar refractivity (Wildman–Crippen MR) is 142 cm³/mol. The number of aromatic nitrogens is 7. The molecule has 0 saturated carbocycles. The van der Waals surface area contributed by atoms with E-state index in [1.807, 2.05) is 41.8 Å². The van der Waals surface area contributed by atoms with Gasteiger partial charge in [0, 0.05) is 23.6 Å². The van der Waals surface area contributed by atoms with Gasteiger partial charge in [-0.15, -0.1) is 10.2 Å². The van der Waals surface area contributed by atoms with E-state index < -0.39 is 29.5 Å². The van der Waals surface area contributed by atoms with E-state index in [0.29, 0.717) is 35.2 Å². The van der Waals surface area contributed by atoms with E-state index in [1.54, 1.807) is 24.4 Å². The molecule has 0 amide bonds. The van der Waals surface area contributed by atoms with Crippen molar-refractivity contribution >= 4 is 16.9 Å². The number of alkyl halides is 5. The maximum Gasteiger partial charge on any atom is 0.459 e. The number of imidazole rings is 1. The average Bonchev–Trinajstić information content (AvgIpc) is 3.71. The van der Waals surface area contributed by atoms with E-state index in [0.717, 1.165) is 15.8 Å². The number of carbonyl (C=O) groups excluding carboxylic acids is 1. The number of halogens is 5. The number of tetrazole rings is 1. The van der Waals surface area contributed by atoms with Crippen molar-refractivity contribution in [3.8, 4) is 17.1 Å². The molecule has 3 heterocycles. The van der Waals surface area contributed by atoms with Crippen LogP contribution in [-0.2, 0) is 23.6 Å². The van der Waals surface area contributed by atoms with Crippen molar-refractivity contribution in [1.29, 1.82) is 0 Å². The van der Waals surface area contributed by atoms with Crippen molar-refractivity contribution in [3.63, 3.8) is 0 Å². The van der Waals surface area contributed by atoms with E-state index in [9.17, 15) is 26.7 Å². The monoisotopic (exact) mass is 587 g/mol. The number of rotatable bonds is 10. The Kier molecular flexibility index (Phi) is 7.80. The molecule has 0 fully saturated rings. The standard InChI is InChI=1S/C28H26F5N7O2/c1-3-5-13-22-34-24(27(29,30)28(31,32)33)23(26(41)42-4-2)40(22)16-17-9-8-12-20-18(17)14-15-39(20)21-11-7-6-10-19(21)25-35-37-38-36-25/h6-12,14-15H,3-5,13,16H2,1-2H3,(H,35,36,37,38). The zero-order valence-corrected chi connectivity index (χ0v) is 22.6. The summed E-state index contributed by atoms with van der Waals surface area (Å²) in [5.74, 6) is -6.35. The first-order valence-electron chi connectivity index (χ1n) is 13.2. The molecule has 2 aromatic carbocycles. The minimum absolute atomic E-state index is 0.0577. The van der Waals surface area contributed by atoms with Gasteiger partial charge in [0.2, 0.25) is 5.82 Å². The number of carbonyl (C=O) groups is 1. The number of nitrogens with one attached hydrogen (secondary N) is 1. The van der Waals surface area contributed by atoms with E-state index >= 15 is 0 Å². The largest absolute Gasteiger partial charge is 0.461 e. The highest BCUT2D eigenvalue weighted by molar-refractivity contribution is 5.90. The summed E-state index contributed by atoms with van der Waals surface area (Å²) in [6.45, 7) is 2.88. The molecular weight excluding hydrogens is 561 g/mol. The lowest BCUT2D eigenvalue weighted by molar-refractivity contribution is -0.291. The van der Waals surface area contributed by atoms with Gasteiger partial charge in [0.1, 0.15) is 5.82 Å². The first-order chi connectivity index (χ1) is 20.1. The molecule has 14 heteroatoms. The van der Waals surface area contributed by atoms with Crippen LogP contribution in [0.15, 0.2) is 54.7 Å². The smallest absolute Gasteiger partial charge is 0.459 e. The number of esters is 1. The van der Waals surface area contributed by atoms with E-state index in [2.05, 4.69) is 25.6 Å². The third-order valence-corrected chi connectivity index (χ3v) is 6.82. The summed E-state index contributed by atoms with van der Waals surface area (Å²) in [5.41, 5.74) is 0.149. The topological polar surface area (TPSA) is 104 Å². The predicted octanol–water partition coefficient (Wildman–Crippen LogP) is 6.23. The first kappa shape index (κ1) is 28.9. The van der Waals surface area contributed by atoms with Gasteiger partial charge in [-0.25, -0.2) is 9.78 Å². The van der Waals surface area contributed by atoms with Crippen molar-refractivity contribution in [3.05, 3.63) is 77.5 Å². The van der Waals surface area contributed by atoms with E-state index in [1.165, 1.54) is 6.92 Å². The molecule has 9 nitrogen and oxygen atoms in total. The number of ether oxygens (including phenoxy) is 1. The Morgan fingerprint density at radius 3 is 2.50 bits per heavy atom. The molecule has 0 saturated heterocycles. The van der Waals surface area contributed by atoms with Crippen LogP contribution in [0, 0.1) is 0 Å². The maximum absolute atomic E-state index is 14.7. The Morgan fingerprint density at radius 2 is 1.81 bits per heavy atom. The van der Waals surface area contributed by atoms with Gasteiger partial charge in [-0.3, -0.25) is 0 Å². The number of aryl methyl sites for hydroxylation is 1. The Balaban J connectivity index is 1.66. The number of para-hydroxylation sites is 1. The lowest BCUT2D eigenvalue weighted by Crippen LogP contribution is -2.36. The van der Waals surface area contributed by atoms with Gasteiger partial charge >= 0.3 is 18.1 Å². The quantitative estimate of drug-likeness (QED) is 0.154. The lowest BCUT2D eigenvalue weighted by atomic mass is 10.1. The Hall–Kier alpha value is -4.62. The zero-order chi connectivity index (χ0) is 30.1. The second-order valence-corrected chi connectivity index (χ2v) is 9.50. The van der Waals surface area contributed by atoms with Crippen molar-refractivity contribution in [1.82, 2.24) is 34.7 Å². The highest BCUT2D eigenvalue weighted by atomic mass is 19.4. The van der Waals surface area contributed by atoms with Crippen LogP contribution >= 0.6 is 0 Å². The average molecular weight is 588 g/mol. The van der Waals surface area contributed by atoms with Gasteiger partial charge in [-0.05, 0) is 48.4 Å². The Bertz CT molecular complexity index is 1710. The van der Waals surface area contributed by atoms with Crippen LogP contribution < -0.4 is 0 Å². The normalized spacial score (nSPS) is 12.3. The number of aromatic amines is 1. The van der Waals surface area contributed by atoms with Crippen LogP contribution in [0.3, 0.4) is 0 Å². The highest BCUT2D eigenvalue weighted by Gasteiger charge is 2.62. The van der Waals surface area contributed by atoms with Gasteiger partial charge in [-0.1, -0.05) is 37.6 Å². The lowest BCUT2D eigenvalue weighted by Gasteiger charge is -2.19. The van der Waals surface area contributed by atoms with Crippen molar-refractivity contribution in [2.24, 2.45) is 0 Å². The molecule has 1 N–H and O–H groups in total. The van der Waals surface area contributed by atoms with Gasteiger partial charge in [0.25, 0.3) is 0 Å². The van der Waals surface area contributed by atoms with Crippen LogP contribution in [0.1, 0.15) is 54.3 Å². The van der Waals surface area contributed by atoms with E-state index in [4.69, 9.17) is 4.74 Å². The molecule has 0 aliphatic rings. The second-order valence-electron chi connectivity index (χ2n) is 9.50. The molecule has 0 atom stereocenters. The van der Waals surface area contributed by atoms with Crippen LogP contribution in [0.2, 0.25) is 0 Å². The highest BCUT2D eigenvalue weighted by Crippen LogP contribution is 2.45. The molecule has 0 aliphatic carbocycles. The van der Waals surface area contributed by atoms with Crippen molar-refractivity contribution in [2.45, 2.75) is 51.8 Å². The molecule has 5 aromatic rings. The Labute approximate surface area is 236 Å². The molecular formula is C28H26F5N7O2. The van der Waals surface area contributed by atoms with Crippen LogP contribution in [-0.4, -0.2) is 53.5 Å². The van der Waals surface area contributed by atoms with Gasteiger partial charge in [-0.2, -0.15) is 27.2 Å². The van der Waals surface area contributed by atoms with E-state index in [-0.39, 0.29) is 25.4 Å².